The first-order valence-corrected chi connectivity index (χ1v) is 7.03. The number of benzene rings is 2. The number of anilines is 2. The maximum atomic E-state index is 12.4. The summed E-state index contributed by atoms with van der Waals surface area (Å²) in [5.41, 5.74) is 7.63. The Morgan fingerprint density at radius 1 is 1.26 bits per heavy atom. The minimum atomic E-state index is -0.118. The van der Waals surface area contributed by atoms with E-state index in [1.54, 1.807) is 31.3 Å². The molecule has 0 radical (unpaired) electrons. The molecule has 0 aliphatic rings. The quantitative estimate of drug-likeness (QED) is 0.630. The summed E-state index contributed by atoms with van der Waals surface area (Å²) in [6.45, 7) is 0. The Morgan fingerprint density at radius 2 is 2.00 bits per heavy atom. The highest BCUT2D eigenvalue weighted by Crippen LogP contribution is 2.27. The lowest BCUT2D eigenvalue weighted by atomic mass is 10.2. The molecule has 1 amide bonds. The molecule has 19 heavy (non-hydrogen) atoms. The van der Waals surface area contributed by atoms with Crippen molar-refractivity contribution in [2.24, 2.45) is 0 Å². The van der Waals surface area contributed by atoms with E-state index in [0.29, 0.717) is 22.0 Å². The summed E-state index contributed by atoms with van der Waals surface area (Å²) in [4.78, 5) is 13.9. The fraction of sp³-hybridized carbons (Fsp3) is 0.0714. The Kier molecular flexibility index (Phi) is 4.31. The van der Waals surface area contributed by atoms with Crippen molar-refractivity contribution in [1.82, 2.24) is 0 Å². The van der Waals surface area contributed by atoms with Gasteiger partial charge in [-0.3, -0.25) is 4.79 Å². The summed E-state index contributed by atoms with van der Waals surface area (Å²) >= 11 is 8.11. The number of carbonyl (C=O) groups excluding carboxylic acids is 1. The standard InChI is InChI=1S/C14H12ClIN2O/c1-18(13-8-10(15)5-6-12(13)17)14(19)9-3-2-4-11(16)7-9/h2-8H,17H2,1H3. The molecule has 2 N–H and O–H groups in total. The normalized spacial score (nSPS) is 10.3. The van der Waals surface area contributed by atoms with E-state index in [-0.39, 0.29) is 5.91 Å². The number of hydrogen-bond acceptors (Lipinski definition) is 2. The van der Waals surface area contributed by atoms with Crippen molar-refractivity contribution in [2.45, 2.75) is 0 Å². The average Bonchev–Trinajstić information content (AvgIpc) is 2.40. The number of hydrogen-bond donors (Lipinski definition) is 1. The molecule has 0 atom stereocenters. The van der Waals surface area contributed by atoms with Gasteiger partial charge in [0.25, 0.3) is 5.91 Å². The molecule has 0 saturated carbocycles. The summed E-state index contributed by atoms with van der Waals surface area (Å²) in [5, 5.41) is 0.548. The monoisotopic (exact) mass is 386 g/mol. The number of halogens is 2. The van der Waals surface area contributed by atoms with Crippen LogP contribution in [0.5, 0.6) is 0 Å². The fourth-order valence-electron chi connectivity index (χ4n) is 1.73. The maximum absolute atomic E-state index is 12.4. The largest absolute Gasteiger partial charge is 0.397 e. The number of amides is 1. The highest BCUT2D eigenvalue weighted by atomic mass is 127. The smallest absolute Gasteiger partial charge is 0.258 e. The highest BCUT2D eigenvalue weighted by molar-refractivity contribution is 14.1. The summed E-state index contributed by atoms with van der Waals surface area (Å²) in [7, 11) is 1.68. The van der Waals surface area contributed by atoms with E-state index in [0.717, 1.165) is 3.57 Å². The summed E-state index contributed by atoms with van der Waals surface area (Å²) < 4.78 is 1.01. The SMILES string of the molecule is CN(C(=O)c1cccc(I)c1)c1cc(Cl)ccc1N. The topological polar surface area (TPSA) is 46.3 Å². The van der Waals surface area contributed by atoms with Gasteiger partial charge in [0.2, 0.25) is 0 Å². The molecule has 0 bridgehead atoms. The van der Waals surface area contributed by atoms with Crippen LogP contribution in [0.2, 0.25) is 5.02 Å². The van der Waals surface area contributed by atoms with Gasteiger partial charge >= 0.3 is 0 Å². The Morgan fingerprint density at radius 3 is 2.68 bits per heavy atom. The number of nitrogen functional groups attached to an aromatic ring is 1. The molecule has 0 aromatic heterocycles. The molecular weight excluding hydrogens is 375 g/mol. The van der Waals surface area contributed by atoms with E-state index in [2.05, 4.69) is 22.6 Å². The minimum Gasteiger partial charge on any atom is -0.397 e. The Hall–Kier alpha value is -1.27. The molecule has 2 rings (SSSR count). The number of carbonyl (C=O) groups is 1. The van der Waals surface area contributed by atoms with Crippen molar-refractivity contribution >= 4 is 51.5 Å². The van der Waals surface area contributed by atoms with Crippen LogP contribution >= 0.6 is 34.2 Å². The number of nitrogens with two attached hydrogens (primary N) is 1. The van der Waals surface area contributed by atoms with Crippen LogP contribution in [0.3, 0.4) is 0 Å². The molecule has 0 aliphatic heterocycles. The van der Waals surface area contributed by atoms with Crippen molar-refractivity contribution in [1.29, 1.82) is 0 Å². The van der Waals surface area contributed by atoms with Gasteiger partial charge in [-0.1, -0.05) is 17.7 Å². The zero-order chi connectivity index (χ0) is 14.0. The summed E-state index contributed by atoms with van der Waals surface area (Å²) in [6.07, 6.45) is 0. The van der Waals surface area contributed by atoms with Crippen molar-refractivity contribution in [3.63, 3.8) is 0 Å². The molecule has 2 aromatic rings. The van der Waals surface area contributed by atoms with Gasteiger partial charge in [0, 0.05) is 21.2 Å². The van der Waals surface area contributed by atoms with Crippen LogP contribution in [0.4, 0.5) is 11.4 Å². The Balaban J connectivity index is 2.36. The molecule has 0 heterocycles. The van der Waals surface area contributed by atoms with Crippen molar-refractivity contribution < 1.29 is 4.79 Å². The highest BCUT2D eigenvalue weighted by Gasteiger charge is 2.16. The van der Waals surface area contributed by atoms with Crippen LogP contribution in [0, 0.1) is 3.57 Å². The van der Waals surface area contributed by atoms with Crippen LogP contribution in [0.25, 0.3) is 0 Å². The predicted molar refractivity (Wildman–Crippen MR) is 87.8 cm³/mol. The summed E-state index contributed by atoms with van der Waals surface area (Å²) in [5.74, 6) is -0.118. The molecular formula is C14H12ClIN2O. The zero-order valence-electron chi connectivity index (χ0n) is 10.2. The molecule has 98 valence electrons. The van der Waals surface area contributed by atoms with E-state index in [1.165, 1.54) is 4.90 Å². The molecule has 0 unspecified atom stereocenters. The Labute approximate surface area is 130 Å². The third-order valence-electron chi connectivity index (χ3n) is 2.73. The van der Waals surface area contributed by atoms with Crippen LogP contribution in [-0.4, -0.2) is 13.0 Å². The van der Waals surface area contributed by atoms with Gasteiger partial charge in [-0.2, -0.15) is 0 Å². The van der Waals surface area contributed by atoms with Crippen LogP contribution in [0.15, 0.2) is 42.5 Å². The van der Waals surface area contributed by atoms with Gasteiger partial charge in [-0.15, -0.1) is 0 Å². The number of rotatable bonds is 2. The second-order valence-electron chi connectivity index (χ2n) is 4.08. The van der Waals surface area contributed by atoms with Gasteiger partial charge in [-0.25, -0.2) is 0 Å². The minimum absolute atomic E-state index is 0.118. The van der Waals surface area contributed by atoms with Gasteiger partial charge in [-0.05, 0) is 59.0 Å². The predicted octanol–water partition coefficient (Wildman–Crippen LogP) is 3.80. The molecule has 2 aromatic carbocycles. The molecule has 5 heteroatoms. The van der Waals surface area contributed by atoms with Gasteiger partial charge < -0.3 is 10.6 Å². The first-order valence-electron chi connectivity index (χ1n) is 5.57. The third-order valence-corrected chi connectivity index (χ3v) is 3.64. The van der Waals surface area contributed by atoms with Gasteiger partial charge in [0.15, 0.2) is 0 Å². The van der Waals surface area contributed by atoms with E-state index in [4.69, 9.17) is 17.3 Å². The fourth-order valence-corrected chi connectivity index (χ4v) is 2.44. The van der Waals surface area contributed by atoms with E-state index < -0.39 is 0 Å². The lowest BCUT2D eigenvalue weighted by molar-refractivity contribution is 0.0993. The van der Waals surface area contributed by atoms with Crippen molar-refractivity contribution in [2.75, 3.05) is 17.7 Å². The lowest BCUT2D eigenvalue weighted by Gasteiger charge is -2.19. The van der Waals surface area contributed by atoms with Crippen LogP contribution < -0.4 is 10.6 Å². The maximum Gasteiger partial charge on any atom is 0.258 e. The molecule has 0 aliphatic carbocycles. The first kappa shape index (κ1) is 14.1. The molecule has 0 fully saturated rings. The molecule has 0 spiro atoms. The Bertz CT molecular complexity index is 631. The lowest BCUT2D eigenvalue weighted by Crippen LogP contribution is -2.27. The summed E-state index contributed by atoms with van der Waals surface area (Å²) in [6, 6.07) is 12.5. The van der Waals surface area contributed by atoms with Crippen LogP contribution in [-0.2, 0) is 0 Å². The first-order chi connectivity index (χ1) is 8.99. The zero-order valence-corrected chi connectivity index (χ0v) is 13.1. The molecule has 3 nitrogen and oxygen atoms in total. The second-order valence-corrected chi connectivity index (χ2v) is 5.76. The van der Waals surface area contributed by atoms with Gasteiger partial charge in [0.05, 0.1) is 11.4 Å². The van der Waals surface area contributed by atoms with Gasteiger partial charge in [0.1, 0.15) is 0 Å². The average molecular weight is 387 g/mol. The second kappa shape index (κ2) is 5.79. The van der Waals surface area contributed by atoms with Crippen molar-refractivity contribution in [3.05, 3.63) is 56.6 Å². The number of nitrogens with zero attached hydrogens (tertiary/aromatic N) is 1. The molecule has 0 saturated heterocycles. The van der Waals surface area contributed by atoms with E-state index in [9.17, 15) is 4.79 Å². The van der Waals surface area contributed by atoms with E-state index >= 15 is 0 Å². The van der Waals surface area contributed by atoms with Crippen LogP contribution in [0.1, 0.15) is 10.4 Å². The third kappa shape index (κ3) is 3.19. The van der Waals surface area contributed by atoms with E-state index in [1.807, 2.05) is 18.2 Å². The van der Waals surface area contributed by atoms with Crippen molar-refractivity contribution in [3.8, 4) is 0 Å².